The van der Waals surface area contributed by atoms with Crippen molar-refractivity contribution in [1.29, 1.82) is 0 Å². The Kier molecular flexibility index (Phi) is 11.2. The second-order valence-corrected chi connectivity index (χ2v) is 5.61. The van der Waals surface area contributed by atoms with Crippen LogP contribution in [0.1, 0.15) is 59.8 Å². The number of hydrogen-bond acceptors (Lipinski definition) is 4. The molecule has 0 saturated heterocycles. The van der Waals surface area contributed by atoms with Gasteiger partial charge in [-0.1, -0.05) is 45.8 Å². The van der Waals surface area contributed by atoms with E-state index in [-0.39, 0.29) is 12.6 Å². The second kappa shape index (κ2) is 12.0. The standard InChI is InChI=1S/C18H30O4/c1-6-8-11-16(7-2)13-22-18(20)15(5)10-9-12-21-17(19)14(3)4/h10,16H,3,6-9,11-13H2,1-2,4-5H3. The van der Waals surface area contributed by atoms with Crippen LogP contribution in [-0.2, 0) is 19.1 Å². The number of ether oxygens (including phenoxy) is 2. The van der Waals surface area contributed by atoms with Gasteiger partial charge in [-0.05, 0) is 26.2 Å². The van der Waals surface area contributed by atoms with Crippen LogP contribution in [0, 0.1) is 5.92 Å². The average Bonchev–Trinajstić information content (AvgIpc) is 2.50. The first-order valence-electron chi connectivity index (χ1n) is 8.08. The van der Waals surface area contributed by atoms with Crippen LogP contribution in [0.2, 0.25) is 0 Å². The molecule has 0 aliphatic rings. The summed E-state index contributed by atoms with van der Waals surface area (Å²) in [7, 11) is 0. The molecule has 0 aromatic rings. The smallest absolute Gasteiger partial charge is 0.333 e. The molecule has 0 rings (SSSR count). The minimum atomic E-state index is -0.407. The van der Waals surface area contributed by atoms with Crippen LogP contribution in [0.15, 0.2) is 23.8 Å². The lowest BCUT2D eigenvalue weighted by Crippen LogP contribution is -2.14. The molecule has 0 N–H and O–H groups in total. The Balaban J connectivity index is 4.06. The largest absolute Gasteiger partial charge is 0.462 e. The first-order valence-corrected chi connectivity index (χ1v) is 8.08. The van der Waals surface area contributed by atoms with Gasteiger partial charge in [0, 0.05) is 17.6 Å². The van der Waals surface area contributed by atoms with Gasteiger partial charge in [-0.15, -0.1) is 0 Å². The Hall–Kier alpha value is -1.58. The first-order chi connectivity index (χ1) is 10.4. The number of unbranched alkanes of at least 4 members (excludes halogenated alkanes) is 1. The number of rotatable bonds is 11. The van der Waals surface area contributed by atoms with Crippen molar-refractivity contribution in [3.8, 4) is 0 Å². The normalized spacial score (nSPS) is 12.6. The fourth-order valence-electron chi connectivity index (χ4n) is 1.84. The molecule has 0 radical (unpaired) electrons. The van der Waals surface area contributed by atoms with Crippen molar-refractivity contribution in [2.75, 3.05) is 13.2 Å². The van der Waals surface area contributed by atoms with Crippen molar-refractivity contribution < 1.29 is 19.1 Å². The van der Waals surface area contributed by atoms with E-state index in [0.29, 0.717) is 30.1 Å². The number of esters is 2. The topological polar surface area (TPSA) is 52.6 Å². The molecule has 0 bridgehead atoms. The summed E-state index contributed by atoms with van der Waals surface area (Å²) in [4.78, 5) is 23.0. The van der Waals surface area contributed by atoms with Gasteiger partial charge in [0.25, 0.3) is 0 Å². The highest BCUT2D eigenvalue weighted by molar-refractivity contribution is 5.88. The summed E-state index contributed by atoms with van der Waals surface area (Å²) in [6.07, 6.45) is 6.67. The molecule has 0 spiro atoms. The van der Waals surface area contributed by atoms with Gasteiger partial charge in [0.05, 0.1) is 13.2 Å². The Morgan fingerprint density at radius 1 is 1.14 bits per heavy atom. The van der Waals surface area contributed by atoms with E-state index < -0.39 is 5.97 Å². The average molecular weight is 310 g/mol. The lowest BCUT2D eigenvalue weighted by Gasteiger charge is -2.14. The van der Waals surface area contributed by atoms with Crippen molar-refractivity contribution in [1.82, 2.24) is 0 Å². The third kappa shape index (κ3) is 9.37. The predicted molar refractivity (Wildman–Crippen MR) is 88.4 cm³/mol. The quantitative estimate of drug-likeness (QED) is 0.326. The van der Waals surface area contributed by atoms with Gasteiger partial charge >= 0.3 is 11.9 Å². The van der Waals surface area contributed by atoms with Gasteiger partial charge in [-0.3, -0.25) is 0 Å². The predicted octanol–water partition coefficient (Wildman–Crippen LogP) is 4.20. The first kappa shape index (κ1) is 20.4. The van der Waals surface area contributed by atoms with Crippen molar-refractivity contribution in [3.05, 3.63) is 23.8 Å². The molecule has 0 saturated carbocycles. The molecule has 4 nitrogen and oxygen atoms in total. The monoisotopic (exact) mass is 310 g/mol. The molecule has 4 heteroatoms. The van der Waals surface area contributed by atoms with Crippen LogP contribution in [0.25, 0.3) is 0 Å². The third-order valence-electron chi connectivity index (χ3n) is 3.47. The highest BCUT2D eigenvalue weighted by Gasteiger charge is 2.11. The van der Waals surface area contributed by atoms with Crippen LogP contribution in [0.4, 0.5) is 0 Å². The van der Waals surface area contributed by atoms with Gasteiger partial charge in [0.1, 0.15) is 0 Å². The van der Waals surface area contributed by atoms with Gasteiger partial charge in [0.15, 0.2) is 0 Å². The zero-order valence-electron chi connectivity index (χ0n) is 14.4. The molecule has 126 valence electrons. The molecule has 0 aliphatic carbocycles. The summed E-state index contributed by atoms with van der Waals surface area (Å²) in [5, 5.41) is 0. The van der Waals surface area contributed by atoms with E-state index in [4.69, 9.17) is 9.47 Å². The van der Waals surface area contributed by atoms with Crippen LogP contribution in [0.3, 0.4) is 0 Å². The van der Waals surface area contributed by atoms with Crippen LogP contribution >= 0.6 is 0 Å². The van der Waals surface area contributed by atoms with E-state index in [1.807, 2.05) is 0 Å². The van der Waals surface area contributed by atoms with E-state index in [2.05, 4.69) is 20.4 Å². The minimum absolute atomic E-state index is 0.240. The summed E-state index contributed by atoms with van der Waals surface area (Å²) < 4.78 is 10.3. The molecule has 1 atom stereocenters. The van der Waals surface area contributed by atoms with Gasteiger partial charge < -0.3 is 9.47 Å². The van der Waals surface area contributed by atoms with E-state index in [1.165, 1.54) is 6.42 Å². The minimum Gasteiger partial charge on any atom is -0.462 e. The highest BCUT2D eigenvalue weighted by atomic mass is 16.5. The van der Waals surface area contributed by atoms with Crippen molar-refractivity contribution in [2.45, 2.75) is 59.8 Å². The molecule has 22 heavy (non-hydrogen) atoms. The fourth-order valence-corrected chi connectivity index (χ4v) is 1.84. The molecule has 0 amide bonds. The fraction of sp³-hybridized carbons (Fsp3) is 0.667. The summed E-state index contributed by atoms with van der Waals surface area (Å²) in [5.41, 5.74) is 0.925. The van der Waals surface area contributed by atoms with E-state index in [9.17, 15) is 9.59 Å². The van der Waals surface area contributed by atoms with Crippen LogP contribution < -0.4 is 0 Å². The van der Waals surface area contributed by atoms with Gasteiger partial charge in [0.2, 0.25) is 0 Å². The Morgan fingerprint density at radius 2 is 1.82 bits per heavy atom. The zero-order valence-corrected chi connectivity index (χ0v) is 14.4. The SMILES string of the molecule is C=C(C)C(=O)OCCC=C(C)C(=O)OCC(CC)CCCC. The Labute approximate surface area is 134 Å². The van der Waals surface area contributed by atoms with E-state index in [1.54, 1.807) is 19.9 Å². The van der Waals surface area contributed by atoms with Gasteiger partial charge in [-0.2, -0.15) is 0 Å². The molecule has 0 aromatic carbocycles. The molecular formula is C18H30O4. The maximum atomic E-state index is 11.9. The third-order valence-corrected chi connectivity index (χ3v) is 3.47. The zero-order chi connectivity index (χ0) is 17.0. The molecule has 0 aromatic heterocycles. The summed E-state index contributed by atoms with van der Waals surface area (Å²) in [6.45, 7) is 11.8. The molecule has 0 heterocycles. The number of carbonyl (C=O) groups is 2. The maximum Gasteiger partial charge on any atom is 0.333 e. The summed E-state index contributed by atoms with van der Waals surface area (Å²) in [6, 6.07) is 0. The molecule has 0 fully saturated rings. The Bertz CT molecular complexity index is 396. The number of carbonyl (C=O) groups excluding carboxylic acids is 2. The number of hydrogen-bond donors (Lipinski definition) is 0. The summed E-state index contributed by atoms with van der Waals surface area (Å²) in [5.74, 6) is -0.260. The molecule has 1 unspecified atom stereocenters. The van der Waals surface area contributed by atoms with E-state index in [0.717, 1.165) is 19.3 Å². The summed E-state index contributed by atoms with van der Waals surface area (Å²) >= 11 is 0. The van der Waals surface area contributed by atoms with Crippen molar-refractivity contribution >= 4 is 11.9 Å². The molecular weight excluding hydrogens is 280 g/mol. The van der Waals surface area contributed by atoms with Gasteiger partial charge in [-0.25, -0.2) is 9.59 Å². The maximum absolute atomic E-state index is 11.9. The van der Waals surface area contributed by atoms with Crippen molar-refractivity contribution in [2.24, 2.45) is 5.92 Å². The van der Waals surface area contributed by atoms with Crippen LogP contribution in [-0.4, -0.2) is 25.2 Å². The highest BCUT2D eigenvalue weighted by Crippen LogP contribution is 2.13. The van der Waals surface area contributed by atoms with Crippen LogP contribution in [0.5, 0.6) is 0 Å². The second-order valence-electron chi connectivity index (χ2n) is 5.61. The lowest BCUT2D eigenvalue weighted by atomic mass is 10.0. The van der Waals surface area contributed by atoms with Crippen molar-refractivity contribution in [3.63, 3.8) is 0 Å². The lowest BCUT2D eigenvalue weighted by molar-refractivity contribution is -0.140. The Morgan fingerprint density at radius 3 is 2.36 bits per heavy atom. The molecule has 0 aliphatic heterocycles. The van der Waals surface area contributed by atoms with E-state index >= 15 is 0 Å².